The van der Waals surface area contributed by atoms with E-state index in [2.05, 4.69) is 11.2 Å². The van der Waals surface area contributed by atoms with Gasteiger partial charge in [-0.2, -0.15) is 0 Å². The largest absolute Gasteiger partial charge is 0.399 e. The molecule has 3 rings (SSSR count). The van der Waals surface area contributed by atoms with Gasteiger partial charge in [0.15, 0.2) is 0 Å². The van der Waals surface area contributed by atoms with Crippen molar-refractivity contribution in [2.24, 2.45) is 0 Å². The van der Waals surface area contributed by atoms with Crippen LogP contribution in [0.15, 0.2) is 59.8 Å². The van der Waals surface area contributed by atoms with E-state index in [9.17, 15) is 0 Å². The summed E-state index contributed by atoms with van der Waals surface area (Å²) in [6.07, 6.45) is 4.08. The number of imidazole rings is 1. The van der Waals surface area contributed by atoms with Crippen molar-refractivity contribution in [2.75, 3.05) is 5.73 Å². The predicted octanol–water partition coefficient (Wildman–Crippen LogP) is 3.21. The number of anilines is 1. The minimum Gasteiger partial charge on any atom is -0.399 e. The molecule has 2 aromatic heterocycles. The summed E-state index contributed by atoms with van der Waals surface area (Å²) in [5, 5.41) is 0. The van der Waals surface area contributed by atoms with Gasteiger partial charge in [-0.3, -0.25) is 0 Å². The van der Waals surface area contributed by atoms with Gasteiger partial charge in [0.1, 0.15) is 5.65 Å². The number of hydrogen-bond donors (Lipinski definition) is 1. The molecule has 2 heterocycles. The first-order valence-corrected chi connectivity index (χ1v) is 6.71. The van der Waals surface area contributed by atoms with Crippen molar-refractivity contribution in [3.05, 3.63) is 60.6 Å². The Kier molecular flexibility index (Phi) is 2.94. The Bertz CT molecular complexity index is 625. The molecular formula is C14H13N3S. The third-order valence-corrected chi connectivity index (χ3v) is 3.73. The summed E-state index contributed by atoms with van der Waals surface area (Å²) in [7, 11) is 0. The van der Waals surface area contributed by atoms with Crippen LogP contribution in [0, 0.1) is 0 Å². The summed E-state index contributed by atoms with van der Waals surface area (Å²) in [5.74, 6) is 0.867. The fraction of sp³-hybridized carbons (Fsp3) is 0.0714. The first-order valence-electron chi connectivity index (χ1n) is 5.72. The van der Waals surface area contributed by atoms with E-state index in [0.717, 1.165) is 22.8 Å². The summed E-state index contributed by atoms with van der Waals surface area (Å²) in [6.45, 7) is 0. The molecule has 18 heavy (non-hydrogen) atoms. The van der Waals surface area contributed by atoms with Gasteiger partial charge in [-0.25, -0.2) is 4.98 Å². The lowest BCUT2D eigenvalue weighted by atomic mass is 10.3. The molecule has 3 nitrogen and oxygen atoms in total. The zero-order chi connectivity index (χ0) is 12.4. The predicted molar refractivity (Wildman–Crippen MR) is 75.6 cm³/mol. The molecule has 1 aromatic carbocycles. The molecule has 0 radical (unpaired) electrons. The van der Waals surface area contributed by atoms with Crippen molar-refractivity contribution in [3.8, 4) is 0 Å². The third kappa shape index (κ3) is 2.33. The van der Waals surface area contributed by atoms with E-state index in [0.29, 0.717) is 0 Å². The number of nitrogens with two attached hydrogens (primary N) is 1. The zero-order valence-corrected chi connectivity index (χ0v) is 10.6. The summed E-state index contributed by atoms with van der Waals surface area (Å²) >= 11 is 1.77. The second-order valence-electron chi connectivity index (χ2n) is 4.06. The number of pyridine rings is 1. The van der Waals surface area contributed by atoms with Crippen LogP contribution >= 0.6 is 11.8 Å². The van der Waals surface area contributed by atoms with Crippen LogP contribution < -0.4 is 5.73 Å². The molecule has 0 bridgehead atoms. The number of fused-ring (bicyclic) bond motifs is 1. The number of aromatic nitrogens is 2. The van der Waals surface area contributed by atoms with Gasteiger partial charge in [0.05, 0.1) is 5.69 Å². The maximum Gasteiger partial charge on any atom is 0.137 e. The Balaban J connectivity index is 1.74. The van der Waals surface area contributed by atoms with E-state index in [1.54, 1.807) is 11.8 Å². The average Bonchev–Trinajstić information content (AvgIpc) is 2.81. The molecule has 0 saturated heterocycles. The van der Waals surface area contributed by atoms with Gasteiger partial charge in [0.25, 0.3) is 0 Å². The molecule has 2 N–H and O–H groups in total. The van der Waals surface area contributed by atoms with Crippen molar-refractivity contribution >= 4 is 23.1 Å². The molecule has 0 amide bonds. The van der Waals surface area contributed by atoms with Gasteiger partial charge in [0.2, 0.25) is 0 Å². The molecule has 0 spiro atoms. The van der Waals surface area contributed by atoms with Crippen molar-refractivity contribution in [1.29, 1.82) is 0 Å². The molecule has 0 fully saturated rings. The van der Waals surface area contributed by atoms with E-state index in [1.807, 2.05) is 53.1 Å². The fourth-order valence-corrected chi connectivity index (χ4v) is 2.56. The van der Waals surface area contributed by atoms with E-state index >= 15 is 0 Å². The van der Waals surface area contributed by atoms with Crippen molar-refractivity contribution in [1.82, 2.24) is 9.38 Å². The number of hydrogen-bond acceptors (Lipinski definition) is 3. The van der Waals surface area contributed by atoms with Crippen LogP contribution in [-0.2, 0) is 5.75 Å². The van der Waals surface area contributed by atoms with Crippen LogP contribution in [0.25, 0.3) is 5.65 Å². The quantitative estimate of drug-likeness (QED) is 0.577. The highest BCUT2D eigenvalue weighted by Crippen LogP contribution is 2.23. The molecule has 0 saturated carbocycles. The van der Waals surface area contributed by atoms with Crippen molar-refractivity contribution in [2.45, 2.75) is 10.6 Å². The van der Waals surface area contributed by atoms with Crippen LogP contribution in [0.2, 0.25) is 0 Å². The van der Waals surface area contributed by atoms with E-state index in [1.165, 1.54) is 4.90 Å². The van der Waals surface area contributed by atoms with Crippen LogP contribution in [0.1, 0.15) is 5.69 Å². The monoisotopic (exact) mass is 255 g/mol. The molecule has 0 aliphatic rings. The molecule has 90 valence electrons. The second kappa shape index (κ2) is 4.74. The normalized spacial score (nSPS) is 10.9. The smallest absolute Gasteiger partial charge is 0.137 e. The third-order valence-electron chi connectivity index (χ3n) is 2.68. The van der Waals surface area contributed by atoms with Gasteiger partial charge in [-0.1, -0.05) is 6.07 Å². The average molecular weight is 255 g/mol. The maximum atomic E-state index is 5.66. The van der Waals surface area contributed by atoms with Gasteiger partial charge in [0, 0.05) is 28.7 Å². The van der Waals surface area contributed by atoms with E-state index < -0.39 is 0 Å². The Morgan fingerprint density at radius 2 is 1.94 bits per heavy atom. The number of rotatable bonds is 3. The SMILES string of the molecule is Nc1ccc(SCc2cn3ccccc3n2)cc1. The van der Waals surface area contributed by atoms with Gasteiger partial charge in [-0.05, 0) is 36.4 Å². The van der Waals surface area contributed by atoms with Crippen LogP contribution in [0.5, 0.6) is 0 Å². The topological polar surface area (TPSA) is 43.3 Å². The van der Waals surface area contributed by atoms with Gasteiger partial charge >= 0.3 is 0 Å². The highest BCUT2D eigenvalue weighted by atomic mass is 32.2. The first-order chi connectivity index (χ1) is 8.81. The standard InChI is InChI=1S/C14H13N3S/c15-11-4-6-13(7-5-11)18-10-12-9-17-8-2-1-3-14(17)16-12/h1-9H,10,15H2. The number of thioether (sulfide) groups is 1. The van der Waals surface area contributed by atoms with E-state index in [4.69, 9.17) is 5.73 Å². The van der Waals surface area contributed by atoms with Crippen LogP contribution in [0.3, 0.4) is 0 Å². The number of benzene rings is 1. The zero-order valence-electron chi connectivity index (χ0n) is 9.78. The Hall–Kier alpha value is -1.94. The Morgan fingerprint density at radius 1 is 1.11 bits per heavy atom. The lowest BCUT2D eigenvalue weighted by Crippen LogP contribution is -1.83. The van der Waals surface area contributed by atoms with Crippen LogP contribution in [0.4, 0.5) is 5.69 Å². The second-order valence-corrected chi connectivity index (χ2v) is 5.10. The Labute approximate surface area is 110 Å². The summed E-state index contributed by atoms with van der Waals surface area (Å²) in [6, 6.07) is 13.9. The summed E-state index contributed by atoms with van der Waals surface area (Å²) in [5.41, 5.74) is 8.54. The molecule has 0 aliphatic heterocycles. The minimum absolute atomic E-state index is 0.798. The van der Waals surface area contributed by atoms with Crippen molar-refractivity contribution < 1.29 is 0 Å². The lowest BCUT2D eigenvalue weighted by Gasteiger charge is -1.99. The van der Waals surface area contributed by atoms with E-state index in [-0.39, 0.29) is 0 Å². The minimum atomic E-state index is 0.798. The highest BCUT2D eigenvalue weighted by molar-refractivity contribution is 7.98. The fourth-order valence-electron chi connectivity index (χ4n) is 1.78. The molecule has 3 aromatic rings. The number of nitrogens with zero attached hydrogens (tertiary/aromatic N) is 2. The first kappa shape index (κ1) is 11.2. The summed E-state index contributed by atoms with van der Waals surface area (Å²) in [4.78, 5) is 5.77. The Morgan fingerprint density at radius 3 is 2.72 bits per heavy atom. The van der Waals surface area contributed by atoms with Crippen molar-refractivity contribution in [3.63, 3.8) is 0 Å². The molecule has 0 aliphatic carbocycles. The van der Waals surface area contributed by atoms with Crippen LogP contribution in [-0.4, -0.2) is 9.38 Å². The van der Waals surface area contributed by atoms with Gasteiger partial charge < -0.3 is 10.1 Å². The number of nitrogen functional groups attached to an aromatic ring is 1. The summed E-state index contributed by atoms with van der Waals surface area (Å²) < 4.78 is 2.04. The maximum absolute atomic E-state index is 5.66. The molecule has 4 heteroatoms. The molecule has 0 atom stereocenters. The van der Waals surface area contributed by atoms with Gasteiger partial charge in [-0.15, -0.1) is 11.8 Å². The lowest BCUT2D eigenvalue weighted by molar-refractivity contribution is 1.18. The highest BCUT2D eigenvalue weighted by Gasteiger charge is 2.01. The molecule has 0 unspecified atom stereocenters. The molecular weight excluding hydrogens is 242 g/mol.